The van der Waals surface area contributed by atoms with Gasteiger partial charge in [0.2, 0.25) is 0 Å². The Balaban J connectivity index is 2.28. The van der Waals surface area contributed by atoms with Crippen molar-refractivity contribution in [1.29, 1.82) is 0 Å². The predicted molar refractivity (Wildman–Crippen MR) is 61.9 cm³/mol. The van der Waals surface area contributed by atoms with Crippen molar-refractivity contribution in [2.45, 2.75) is 6.18 Å². The maximum atomic E-state index is 12.9. The number of halogens is 3. The molecule has 0 atom stereocenters. The summed E-state index contributed by atoms with van der Waals surface area (Å²) in [5, 5.41) is 0. The molecule has 0 aliphatic rings. The Morgan fingerprint density at radius 1 is 0.778 bits per heavy atom. The molecular formula is C14H10F3O. The van der Waals surface area contributed by atoms with Crippen molar-refractivity contribution in [3.63, 3.8) is 0 Å². The van der Waals surface area contributed by atoms with Gasteiger partial charge < -0.3 is 4.74 Å². The van der Waals surface area contributed by atoms with Gasteiger partial charge in [0.25, 0.3) is 6.10 Å². The minimum absolute atomic E-state index is 0.00820. The molecule has 0 aromatic heterocycles. The average Bonchev–Trinajstić information content (AvgIpc) is 2.37. The van der Waals surface area contributed by atoms with Gasteiger partial charge in [-0.3, -0.25) is 0 Å². The zero-order valence-corrected chi connectivity index (χ0v) is 9.32. The maximum absolute atomic E-state index is 12.9. The number of hydrogen-bond acceptors (Lipinski definition) is 1. The molecule has 0 saturated heterocycles. The van der Waals surface area contributed by atoms with Crippen LogP contribution in [0.15, 0.2) is 60.7 Å². The lowest BCUT2D eigenvalue weighted by molar-refractivity contribution is -0.140. The summed E-state index contributed by atoms with van der Waals surface area (Å²) in [4.78, 5) is 0. The van der Waals surface area contributed by atoms with Gasteiger partial charge in [-0.25, -0.2) is 0 Å². The van der Waals surface area contributed by atoms with Crippen molar-refractivity contribution >= 4 is 0 Å². The van der Waals surface area contributed by atoms with Crippen LogP contribution in [0.25, 0.3) is 0 Å². The summed E-state index contributed by atoms with van der Waals surface area (Å²) >= 11 is 0. The van der Waals surface area contributed by atoms with E-state index in [4.69, 9.17) is 4.74 Å². The fourth-order valence-electron chi connectivity index (χ4n) is 1.48. The monoisotopic (exact) mass is 251 g/mol. The van der Waals surface area contributed by atoms with E-state index in [1.54, 1.807) is 24.3 Å². The quantitative estimate of drug-likeness (QED) is 0.794. The molecule has 1 radical (unpaired) electrons. The molecule has 1 nitrogen and oxygen atoms in total. The fourth-order valence-corrected chi connectivity index (χ4v) is 1.48. The van der Waals surface area contributed by atoms with Crippen molar-refractivity contribution in [2.24, 2.45) is 0 Å². The molecule has 0 spiro atoms. The maximum Gasteiger partial charge on any atom is 0.437 e. The lowest BCUT2D eigenvalue weighted by Crippen LogP contribution is -2.27. The normalized spacial score (nSPS) is 11.6. The van der Waals surface area contributed by atoms with E-state index in [-0.39, 0.29) is 11.3 Å². The SMILES string of the molecule is FC(F)(F)[C](Oc1ccccc1)c1ccccc1. The summed E-state index contributed by atoms with van der Waals surface area (Å²) in [6, 6.07) is 15.4. The van der Waals surface area contributed by atoms with Gasteiger partial charge in [0.15, 0.2) is 0 Å². The third-order valence-electron chi connectivity index (χ3n) is 2.26. The minimum atomic E-state index is -4.53. The van der Waals surface area contributed by atoms with Crippen LogP contribution in [0.5, 0.6) is 5.75 Å². The lowest BCUT2D eigenvalue weighted by Gasteiger charge is -2.20. The molecule has 2 aromatic carbocycles. The number of para-hydroxylation sites is 1. The van der Waals surface area contributed by atoms with E-state index >= 15 is 0 Å². The van der Waals surface area contributed by atoms with Crippen LogP contribution in [0, 0.1) is 6.10 Å². The summed E-state index contributed by atoms with van der Waals surface area (Å²) in [5.41, 5.74) is 0.00820. The number of rotatable bonds is 3. The molecule has 93 valence electrons. The van der Waals surface area contributed by atoms with Gasteiger partial charge >= 0.3 is 6.18 Å². The van der Waals surface area contributed by atoms with Gasteiger partial charge in [-0.2, -0.15) is 13.2 Å². The standard InChI is InChI=1S/C14H10F3O/c15-14(16,17)13(11-7-3-1-4-8-11)18-12-9-5-2-6-10-12/h1-10H. The topological polar surface area (TPSA) is 9.23 Å². The first-order chi connectivity index (χ1) is 8.57. The third-order valence-corrected chi connectivity index (χ3v) is 2.26. The fraction of sp³-hybridized carbons (Fsp3) is 0.0714. The van der Waals surface area contributed by atoms with E-state index < -0.39 is 12.3 Å². The van der Waals surface area contributed by atoms with Crippen molar-refractivity contribution in [3.8, 4) is 5.75 Å². The van der Waals surface area contributed by atoms with E-state index in [0.717, 1.165) is 0 Å². The van der Waals surface area contributed by atoms with Crippen LogP contribution in [-0.4, -0.2) is 6.18 Å². The minimum Gasteiger partial charge on any atom is -0.468 e. The highest BCUT2D eigenvalue weighted by molar-refractivity contribution is 5.33. The third kappa shape index (κ3) is 3.03. The van der Waals surface area contributed by atoms with Crippen LogP contribution < -0.4 is 4.74 Å². The molecule has 2 aromatic rings. The Morgan fingerprint density at radius 3 is 1.78 bits per heavy atom. The molecule has 0 fully saturated rings. The highest BCUT2D eigenvalue weighted by atomic mass is 19.4. The molecule has 0 aliphatic carbocycles. The summed E-state index contributed by atoms with van der Waals surface area (Å²) in [7, 11) is 0. The molecule has 0 saturated carbocycles. The second-order valence-corrected chi connectivity index (χ2v) is 3.61. The molecular weight excluding hydrogens is 241 g/mol. The Labute approximate surface area is 103 Å². The van der Waals surface area contributed by atoms with Crippen LogP contribution in [0.1, 0.15) is 5.56 Å². The van der Waals surface area contributed by atoms with E-state index in [0.29, 0.717) is 0 Å². The van der Waals surface area contributed by atoms with Gasteiger partial charge in [-0.05, 0) is 12.1 Å². The zero-order valence-electron chi connectivity index (χ0n) is 9.32. The first-order valence-electron chi connectivity index (χ1n) is 5.30. The van der Waals surface area contributed by atoms with Crippen LogP contribution in [0.2, 0.25) is 0 Å². The van der Waals surface area contributed by atoms with Gasteiger partial charge in [0, 0.05) is 5.56 Å². The van der Waals surface area contributed by atoms with Gasteiger partial charge in [-0.15, -0.1) is 0 Å². The zero-order chi connectivity index (χ0) is 13.0. The van der Waals surface area contributed by atoms with Crippen LogP contribution in [0.3, 0.4) is 0 Å². The smallest absolute Gasteiger partial charge is 0.437 e. The summed E-state index contributed by atoms with van der Waals surface area (Å²) in [6.45, 7) is 0. The highest BCUT2D eigenvalue weighted by Gasteiger charge is 2.45. The van der Waals surface area contributed by atoms with Crippen molar-refractivity contribution in [2.75, 3.05) is 0 Å². The molecule has 0 bridgehead atoms. The molecule has 2 rings (SSSR count). The van der Waals surface area contributed by atoms with Crippen LogP contribution >= 0.6 is 0 Å². The highest BCUT2D eigenvalue weighted by Crippen LogP contribution is 2.35. The lowest BCUT2D eigenvalue weighted by atomic mass is 10.1. The summed E-state index contributed by atoms with van der Waals surface area (Å²) < 4.78 is 43.7. The molecule has 4 heteroatoms. The average molecular weight is 251 g/mol. The number of alkyl halides is 3. The second-order valence-electron chi connectivity index (χ2n) is 3.61. The number of benzene rings is 2. The predicted octanol–water partition coefficient (Wildman–Crippen LogP) is 4.21. The molecule has 0 aliphatic heterocycles. The Kier molecular flexibility index (Phi) is 3.55. The van der Waals surface area contributed by atoms with Crippen LogP contribution in [0.4, 0.5) is 13.2 Å². The van der Waals surface area contributed by atoms with Crippen molar-refractivity contribution < 1.29 is 17.9 Å². The first-order valence-corrected chi connectivity index (χ1v) is 5.30. The summed E-state index contributed by atoms with van der Waals surface area (Å²) in [5.74, 6) is 0.161. The number of hydrogen-bond donors (Lipinski definition) is 0. The molecule has 0 heterocycles. The largest absolute Gasteiger partial charge is 0.468 e. The Bertz CT molecular complexity index is 479. The second kappa shape index (κ2) is 5.12. The van der Waals surface area contributed by atoms with E-state index in [1.165, 1.54) is 36.4 Å². The van der Waals surface area contributed by atoms with Crippen molar-refractivity contribution in [3.05, 3.63) is 72.3 Å². The van der Waals surface area contributed by atoms with Gasteiger partial charge in [0.05, 0.1) is 0 Å². The van der Waals surface area contributed by atoms with E-state index in [1.807, 2.05) is 0 Å². The number of ether oxygens (including phenoxy) is 1. The van der Waals surface area contributed by atoms with Gasteiger partial charge in [-0.1, -0.05) is 48.5 Å². The van der Waals surface area contributed by atoms with Crippen LogP contribution in [-0.2, 0) is 0 Å². The van der Waals surface area contributed by atoms with Crippen molar-refractivity contribution in [1.82, 2.24) is 0 Å². The Morgan fingerprint density at radius 2 is 1.28 bits per heavy atom. The molecule has 0 unspecified atom stereocenters. The van der Waals surface area contributed by atoms with E-state index in [2.05, 4.69) is 0 Å². The Hall–Kier alpha value is -1.97. The molecule has 0 N–H and O–H groups in total. The van der Waals surface area contributed by atoms with Gasteiger partial charge in [0.1, 0.15) is 5.75 Å². The summed E-state index contributed by atoms with van der Waals surface area (Å²) in [6.07, 6.45) is -5.54. The molecule has 0 amide bonds. The first kappa shape index (κ1) is 12.5. The molecule has 18 heavy (non-hydrogen) atoms. The van der Waals surface area contributed by atoms with E-state index in [9.17, 15) is 13.2 Å².